The van der Waals surface area contributed by atoms with Gasteiger partial charge in [-0.25, -0.2) is 4.68 Å². The van der Waals surface area contributed by atoms with Crippen molar-refractivity contribution in [2.24, 2.45) is 7.05 Å². The lowest BCUT2D eigenvalue weighted by Crippen LogP contribution is -2.15. The van der Waals surface area contributed by atoms with Crippen molar-refractivity contribution in [1.29, 1.82) is 0 Å². The lowest BCUT2D eigenvalue weighted by Gasteiger charge is -2.00. The average Bonchev–Trinajstić information content (AvgIpc) is 2.97. The Bertz CT molecular complexity index is 531. The Balaban J connectivity index is 1.41. The number of nitrogens with zero attached hydrogens (tertiary/aromatic N) is 6. The van der Waals surface area contributed by atoms with Crippen LogP contribution < -0.4 is 10.1 Å². The van der Waals surface area contributed by atoms with Gasteiger partial charge in [0.25, 0.3) is 0 Å². The Morgan fingerprint density at radius 3 is 3.11 bits per heavy atom. The summed E-state index contributed by atoms with van der Waals surface area (Å²) in [5.74, 6) is 0. The molecule has 1 fully saturated rings. The number of ether oxygens (including phenoxy) is 1. The van der Waals surface area contributed by atoms with Gasteiger partial charge in [-0.1, -0.05) is 5.21 Å². The lowest BCUT2D eigenvalue weighted by molar-refractivity contribution is 0.268. The van der Waals surface area contributed by atoms with Crippen LogP contribution in [0.2, 0.25) is 0 Å². The van der Waals surface area contributed by atoms with E-state index in [1.165, 1.54) is 12.8 Å². The topological polar surface area (TPSA) is 82.7 Å². The first-order chi connectivity index (χ1) is 9.29. The minimum Gasteiger partial charge on any atom is -0.460 e. The third-order valence-electron chi connectivity index (χ3n) is 2.87. The highest BCUT2D eigenvalue weighted by Crippen LogP contribution is 2.18. The summed E-state index contributed by atoms with van der Waals surface area (Å²) < 4.78 is 8.78. The summed E-state index contributed by atoms with van der Waals surface area (Å²) >= 11 is 0. The smallest absolute Gasteiger partial charge is 0.335 e. The van der Waals surface area contributed by atoms with Crippen LogP contribution in [0.5, 0.6) is 6.01 Å². The standard InChI is InChI=1S/C11H17N7O/c1-17-8-13-11(15-17)19-5-4-18-7-10(14-16-18)6-12-9-2-3-9/h7-9,12H,2-6H2,1H3. The van der Waals surface area contributed by atoms with E-state index in [0.29, 0.717) is 25.2 Å². The van der Waals surface area contributed by atoms with Gasteiger partial charge in [-0.2, -0.15) is 4.98 Å². The average molecular weight is 263 g/mol. The Kier molecular flexibility index (Phi) is 3.41. The van der Waals surface area contributed by atoms with Crippen LogP contribution >= 0.6 is 0 Å². The molecule has 0 spiro atoms. The number of hydrogen-bond acceptors (Lipinski definition) is 6. The van der Waals surface area contributed by atoms with E-state index < -0.39 is 0 Å². The zero-order valence-corrected chi connectivity index (χ0v) is 10.9. The lowest BCUT2D eigenvalue weighted by atomic mass is 10.4. The highest BCUT2D eigenvalue weighted by molar-refractivity contribution is 4.94. The van der Waals surface area contributed by atoms with Crippen LogP contribution in [-0.2, 0) is 20.1 Å². The Labute approximate surface area is 110 Å². The molecular weight excluding hydrogens is 246 g/mol. The maximum atomic E-state index is 5.40. The minimum absolute atomic E-state index is 0.387. The van der Waals surface area contributed by atoms with Gasteiger partial charge in [0.05, 0.1) is 12.2 Å². The molecule has 0 aliphatic heterocycles. The van der Waals surface area contributed by atoms with E-state index in [2.05, 4.69) is 25.7 Å². The van der Waals surface area contributed by atoms with Crippen molar-refractivity contribution in [3.63, 3.8) is 0 Å². The molecule has 1 saturated carbocycles. The van der Waals surface area contributed by atoms with Crippen molar-refractivity contribution in [3.8, 4) is 6.01 Å². The van der Waals surface area contributed by atoms with Gasteiger partial charge >= 0.3 is 6.01 Å². The van der Waals surface area contributed by atoms with Crippen LogP contribution in [0.4, 0.5) is 0 Å². The third kappa shape index (κ3) is 3.50. The molecule has 0 unspecified atom stereocenters. The van der Waals surface area contributed by atoms with Gasteiger partial charge in [0.2, 0.25) is 0 Å². The maximum absolute atomic E-state index is 5.40. The van der Waals surface area contributed by atoms with E-state index in [1.807, 2.05) is 6.20 Å². The van der Waals surface area contributed by atoms with Gasteiger partial charge < -0.3 is 10.1 Å². The van der Waals surface area contributed by atoms with Crippen molar-refractivity contribution < 1.29 is 4.74 Å². The summed E-state index contributed by atoms with van der Waals surface area (Å²) in [4.78, 5) is 3.98. The van der Waals surface area contributed by atoms with Crippen molar-refractivity contribution in [1.82, 2.24) is 35.1 Å². The molecule has 2 aromatic heterocycles. The number of rotatable bonds is 7. The van der Waals surface area contributed by atoms with E-state index in [0.717, 1.165) is 12.2 Å². The molecule has 0 saturated heterocycles. The van der Waals surface area contributed by atoms with Crippen LogP contribution in [0.25, 0.3) is 0 Å². The molecule has 8 nitrogen and oxygen atoms in total. The molecule has 1 N–H and O–H groups in total. The van der Waals surface area contributed by atoms with Crippen LogP contribution in [0, 0.1) is 0 Å². The number of aryl methyl sites for hydroxylation is 1. The zero-order valence-electron chi connectivity index (χ0n) is 10.9. The van der Waals surface area contributed by atoms with Gasteiger partial charge in [0.1, 0.15) is 12.9 Å². The predicted molar refractivity (Wildman–Crippen MR) is 66.4 cm³/mol. The van der Waals surface area contributed by atoms with Gasteiger partial charge in [0, 0.05) is 25.8 Å². The Morgan fingerprint density at radius 1 is 1.47 bits per heavy atom. The molecule has 0 radical (unpaired) electrons. The van der Waals surface area contributed by atoms with E-state index in [1.54, 1.807) is 22.7 Å². The molecule has 19 heavy (non-hydrogen) atoms. The van der Waals surface area contributed by atoms with E-state index in [-0.39, 0.29) is 0 Å². The second-order valence-corrected chi connectivity index (χ2v) is 4.68. The van der Waals surface area contributed by atoms with Crippen LogP contribution in [-0.4, -0.2) is 42.4 Å². The van der Waals surface area contributed by atoms with Crippen molar-refractivity contribution >= 4 is 0 Å². The zero-order chi connectivity index (χ0) is 13.1. The fourth-order valence-corrected chi connectivity index (χ4v) is 1.68. The van der Waals surface area contributed by atoms with Gasteiger partial charge in [-0.05, 0) is 12.8 Å². The number of nitrogens with one attached hydrogen (secondary N) is 1. The molecule has 0 atom stereocenters. The van der Waals surface area contributed by atoms with Crippen molar-refractivity contribution in [2.45, 2.75) is 32.0 Å². The number of aromatic nitrogens is 6. The van der Waals surface area contributed by atoms with Gasteiger partial charge in [-0.15, -0.1) is 10.2 Å². The molecule has 1 aliphatic carbocycles. The fraction of sp³-hybridized carbons (Fsp3) is 0.636. The first kappa shape index (κ1) is 12.1. The fourth-order valence-electron chi connectivity index (χ4n) is 1.68. The highest BCUT2D eigenvalue weighted by atomic mass is 16.5. The Hall–Kier alpha value is -1.96. The summed E-state index contributed by atoms with van der Waals surface area (Å²) in [7, 11) is 1.80. The summed E-state index contributed by atoms with van der Waals surface area (Å²) in [6, 6.07) is 1.07. The molecule has 0 bridgehead atoms. The van der Waals surface area contributed by atoms with Gasteiger partial charge in [0.15, 0.2) is 0 Å². The van der Waals surface area contributed by atoms with Crippen molar-refractivity contribution in [3.05, 3.63) is 18.2 Å². The van der Waals surface area contributed by atoms with Crippen molar-refractivity contribution in [2.75, 3.05) is 6.61 Å². The first-order valence-corrected chi connectivity index (χ1v) is 6.40. The second kappa shape index (κ2) is 5.35. The molecule has 2 aromatic rings. The predicted octanol–water partition coefficient (Wildman–Crippen LogP) is -0.262. The SMILES string of the molecule is Cn1cnc(OCCn2cc(CNC3CC3)nn2)n1. The molecule has 0 aromatic carbocycles. The van der Waals surface area contributed by atoms with Crippen LogP contribution in [0.1, 0.15) is 18.5 Å². The number of hydrogen-bond donors (Lipinski definition) is 1. The van der Waals surface area contributed by atoms with E-state index in [4.69, 9.17) is 4.74 Å². The van der Waals surface area contributed by atoms with E-state index >= 15 is 0 Å². The molecule has 1 aliphatic rings. The summed E-state index contributed by atoms with van der Waals surface area (Å²) in [6.07, 6.45) is 6.09. The van der Waals surface area contributed by atoms with Gasteiger partial charge in [-0.3, -0.25) is 4.68 Å². The summed E-state index contributed by atoms with van der Waals surface area (Å²) in [6.45, 7) is 1.89. The normalized spacial score (nSPS) is 14.8. The minimum atomic E-state index is 0.387. The molecule has 8 heteroatoms. The monoisotopic (exact) mass is 263 g/mol. The Morgan fingerprint density at radius 2 is 2.37 bits per heavy atom. The maximum Gasteiger partial charge on any atom is 0.335 e. The molecule has 3 rings (SSSR count). The highest BCUT2D eigenvalue weighted by Gasteiger charge is 2.20. The second-order valence-electron chi connectivity index (χ2n) is 4.68. The first-order valence-electron chi connectivity index (χ1n) is 6.40. The largest absolute Gasteiger partial charge is 0.460 e. The molecule has 0 amide bonds. The third-order valence-corrected chi connectivity index (χ3v) is 2.87. The van der Waals surface area contributed by atoms with E-state index in [9.17, 15) is 0 Å². The molecule has 2 heterocycles. The van der Waals surface area contributed by atoms with Crippen LogP contribution in [0.3, 0.4) is 0 Å². The molecule has 102 valence electrons. The summed E-state index contributed by atoms with van der Waals surface area (Å²) in [5.41, 5.74) is 0.961. The molecular formula is C11H17N7O. The van der Waals surface area contributed by atoms with Crippen LogP contribution in [0.15, 0.2) is 12.5 Å². The summed E-state index contributed by atoms with van der Waals surface area (Å²) in [5, 5.41) is 15.6. The quantitative estimate of drug-likeness (QED) is 0.741.